The zero-order valence-electron chi connectivity index (χ0n) is 14.9. The average Bonchev–Trinajstić information content (AvgIpc) is 2.89. The Morgan fingerprint density at radius 2 is 2.04 bits per heavy atom. The van der Waals surface area contributed by atoms with Crippen LogP contribution in [0.25, 0.3) is 0 Å². The summed E-state index contributed by atoms with van der Waals surface area (Å²) < 4.78 is 39.0. The molecule has 1 aromatic heterocycles. The van der Waals surface area contributed by atoms with E-state index in [-0.39, 0.29) is 6.61 Å². The quantitative estimate of drug-likeness (QED) is 0.415. The number of nitrogens with zero attached hydrogens (tertiary/aromatic N) is 1. The van der Waals surface area contributed by atoms with Crippen LogP contribution < -0.4 is 11.2 Å². The van der Waals surface area contributed by atoms with Gasteiger partial charge in [-0.3, -0.25) is 27.9 Å². The molecule has 1 aromatic rings. The van der Waals surface area contributed by atoms with Crippen molar-refractivity contribution in [2.75, 3.05) is 27.5 Å². The fourth-order valence-corrected chi connectivity index (χ4v) is 3.62. The van der Waals surface area contributed by atoms with E-state index in [0.29, 0.717) is 0 Å². The van der Waals surface area contributed by atoms with E-state index in [1.165, 1.54) is 20.0 Å². The smallest absolute Gasteiger partial charge is 0.374 e. The Kier molecular flexibility index (Phi) is 7.27. The predicted octanol–water partition coefficient (Wildman–Crippen LogP) is -0.673. The standard InChI is InChI=1S/C12H19B2N2O9P2/c1-21-10-9(25-27(19,20)22-2)7(6-23-26(3,13)14)24-11(10)16-5-4-8(17)15-12(16)18/h4-5,7,9-11H,6H2,1-3H3,(H,19,20)(H,15,17,18)/q+1/t7-,9+,10?,11-/m1/s1. The lowest BCUT2D eigenvalue weighted by Crippen LogP contribution is -2.40. The van der Waals surface area contributed by atoms with Gasteiger partial charge in [0, 0.05) is 40.4 Å². The van der Waals surface area contributed by atoms with Gasteiger partial charge in [-0.05, 0) is 0 Å². The molecule has 1 aliphatic heterocycles. The highest BCUT2D eigenvalue weighted by Gasteiger charge is 2.50. The molecule has 1 saturated heterocycles. The van der Waals surface area contributed by atoms with E-state index in [9.17, 15) is 19.0 Å². The largest absolute Gasteiger partial charge is 0.472 e. The van der Waals surface area contributed by atoms with Crippen LogP contribution in [0.4, 0.5) is 0 Å². The Morgan fingerprint density at radius 3 is 2.56 bits per heavy atom. The molecular weight excluding hydrogens is 400 g/mol. The van der Waals surface area contributed by atoms with Gasteiger partial charge in [0.2, 0.25) is 0 Å². The van der Waals surface area contributed by atoms with Gasteiger partial charge < -0.3 is 14.4 Å². The summed E-state index contributed by atoms with van der Waals surface area (Å²) in [5.74, 6) is 0. The van der Waals surface area contributed by atoms with E-state index in [2.05, 4.69) is 9.51 Å². The molecule has 4 radical (unpaired) electrons. The SMILES string of the molecule is [B][P+]([B])(C)OC[C@H]1O[C@@H](n2ccc(=O)[nH]c2=O)C(OC)[C@H]1OP(=O)(O)OC. The van der Waals surface area contributed by atoms with Crippen LogP contribution in [0.5, 0.6) is 0 Å². The highest BCUT2D eigenvalue weighted by atomic mass is 31.2. The molecule has 2 rings (SSSR count). The first-order valence-electron chi connectivity index (χ1n) is 7.62. The highest BCUT2D eigenvalue weighted by Crippen LogP contribution is 2.50. The van der Waals surface area contributed by atoms with E-state index >= 15 is 0 Å². The van der Waals surface area contributed by atoms with Crippen molar-refractivity contribution in [3.05, 3.63) is 33.1 Å². The summed E-state index contributed by atoms with van der Waals surface area (Å²) in [7, 11) is 6.59. The van der Waals surface area contributed by atoms with Crippen molar-refractivity contribution >= 4 is 30.2 Å². The Bertz CT molecular complexity index is 811. The number of H-pyrrole nitrogens is 1. The van der Waals surface area contributed by atoms with Crippen LogP contribution in [-0.2, 0) is 27.6 Å². The number of nitrogens with one attached hydrogen (secondary N) is 1. The van der Waals surface area contributed by atoms with Crippen molar-refractivity contribution in [2.45, 2.75) is 24.5 Å². The number of aromatic nitrogens is 2. The summed E-state index contributed by atoms with van der Waals surface area (Å²) in [6.45, 7) is 1.31. The molecule has 0 aliphatic carbocycles. The normalized spacial score (nSPS) is 28.1. The molecule has 0 aromatic carbocycles. The van der Waals surface area contributed by atoms with Crippen molar-refractivity contribution in [1.29, 1.82) is 0 Å². The van der Waals surface area contributed by atoms with Crippen molar-refractivity contribution in [1.82, 2.24) is 9.55 Å². The minimum Gasteiger partial charge on any atom is -0.374 e. The van der Waals surface area contributed by atoms with E-state index < -0.39 is 50.9 Å². The highest BCUT2D eigenvalue weighted by molar-refractivity contribution is 8.11. The summed E-state index contributed by atoms with van der Waals surface area (Å²) in [5.41, 5.74) is -1.36. The van der Waals surface area contributed by atoms with Gasteiger partial charge in [-0.15, -0.1) is 0 Å². The van der Waals surface area contributed by atoms with Crippen LogP contribution >= 0.6 is 15.1 Å². The van der Waals surface area contributed by atoms with E-state index in [4.69, 9.17) is 33.7 Å². The van der Waals surface area contributed by atoms with Gasteiger partial charge in [-0.1, -0.05) is 0 Å². The number of phosphoric ester groups is 1. The van der Waals surface area contributed by atoms with Gasteiger partial charge in [0.05, 0.1) is 0 Å². The van der Waals surface area contributed by atoms with Crippen LogP contribution in [0.1, 0.15) is 6.23 Å². The third-order valence-electron chi connectivity index (χ3n) is 3.69. The van der Waals surface area contributed by atoms with Crippen LogP contribution in [0.2, 0.25) is 0 Å². The summed E-state index contributed by atoms with van der Waals surface area (Å²) in [6, 6.07) is 1.12. The van der Waals surface area contributed by atoms with E-state index in [1.807, 2.05) is 0 Å². The maximum Gasteiger partial charge on any atom is 0.472 e. The number of hydrogen-bond donors (Lipinski definition) is 2. The number of phosphoric acid groups is 1. The Hall–Kier alpha value is -0.770. The number of ether oxygens (including phenoxy) is 2. The lowest BCUT2D eigenvalue weighted by Gasteiger charge is -2.25. The van der Waals surface area contributed by atoms with Crippen molar-refractivity contribution in [2.24, 2.45) is 0 Å². The Labute approximate surface area is 158 Å². The zero-order valence-corrected chi connectivity index (χ0v) is 16.7. The molecule has 0 amide bonds. The third-order valence-corrected chi connectivity index (χ3v) is 5.36. The second-order valence-corrected chi connectivity index (χ2v) is 9.75. The van der Waals surface area contributed by atoms with Gasteiger partial charge in [0.1, 0.15) is 24.9 Å². The zero-order chi connectivity index (χ0) is 20.4. The molecule has 15 heteroatoms. The summed E-state index contributed by atoms with van der Waals surface area (Å²) >= 11 is 0. The van der Waals surface area contributed by atoms with Crippen molar-refractivity contribution in [3.8, 4) is 0 Å². The minimum absolute atomic E-state index is 0.194. The van der Waals surface area contributed by atoms with Crippen LogP contribution in [0, 0.1) is 0 Å². The van der Waals surface area contributed by atoms with Gasteiger partial charge in [0.15, 0.2) is 6.23 Å². The lowest BCUT2D eigenvalue weighted by atomic mass is 10.1. The van der Waals surface area contributed by atoms with E-state index in [0.717, 1.165) is 17.7 Å². The number of methoxy groups -OCH3 is 1. The lowest BCUT2D eigenvalue weighted by molar-refractivity contribution is -0.0596. The average molecular weight is 419 g/mol. The van der Waals surface area contributed by atoms with Crippen molar-refractivity contribution < 1.29 is 32.5 Å². The first-order valence-corrected chi connectivity index (χ1v) is 11.4. The van der Waals surface area contributed by atoms with E-state index in [1.54, 1.807) is 0 Å². The van der Waals surface area contributed by atoms with Crippen molar-refractivity contribution in [3.63, 3.8) is 0 Å². The van der Waals surface area contributed by atoms with Crippen LogP contribution in [-0.4, -0.2) is 75.4 Å². The third kappa shape index (κ3) is 5.85. The fraction of sp³-hybridized carbons (Fsp3) is 0.667. The van der Waals surface area contributed by atoms with Gasteiger partial charge in [-0.2, -0.15) is 0 Å². The van der Waals surface area contributed by atoms with Gasteiger partial charge in [0.25, 0.3) is 5.56 Å². The monoisotopic (exact) mass is 419 g/mol. The first kappa shape index (κ1) is 22.5. The second kappa shape index (κ2) is 8.71. The number of hydrogen-bond acceptors (Lipinski definition) is 8. The Morgan fingerprint density at radius 1 is 1.37 bits per heavy atom. The maximum atomic E-state index is 12.1. The molecule has 1 aliphatic rings. The molecular formula is C12H19B2N2O9P2+. The second-order valence-electron chi connectivity index (χ2n) is 5.86. The Balaban J connectivity index is 2.37. The molecule has 0 saturated carbocycles. The predicted molar refractivity (Wildman–Crippen MR) is 98.0 cm³/mol. The summed E-state index contributed by atoms with van der Waals surface area (Å²) in [5, 5.41) is 0. The molecule has 2 heterocycles. The topological polar surface area (TPSA) is 138 Å². The molecule has 27 heavy (non-hydrogen) atoms. The minimum atomic E-state index is -4.43. The molecule has 1 fully saturated rings. The maximum absolute atomic E-state index is 12.1. The fourth-order valence-electron chi connectivity index (χ4n) is 2.50. The summed E-state index contributed by atoms with van der Waals surface area (Å²) in [4.78, 5) is 35.2. The molecule has 2 unspecified atom stereocenters. The summed E-state index contributed by atoms with van der Waals surface area (Å²) in [6.07, 6.45) is -3.04. The number of rotatable bonds is 8. The molecule has 0 spiro atoms. The van der Waals surface area contributed by atoms with Gasteiger partial charge in [-0.25, -0.2) is 9.36 Å². The molecule has 0 bridgehead atoms. The van der Waals surface area contributed by atoms with Gasteiger partial charge >= 0.3 is 28.6 Å². The molecule has 146 valence electrons. The first-order chi connectivity index (χ1) is 12.5. The number of aromatic amines is 1. The molecule has 2 N–H and O–H groups in total. The van der Waals surface area contributed by atoms with Crippen LogP contribution in [0.3, 0.4) is 0 Å². The molecule has 11 nitrogen and oxygen atoms in total. The van der Waals surface area contributed by atoms with Crippen LogP contribution in [0.15, 0.2) is 21.9 Å². The molecule has 5 atom stereocenters.